The van der Waals surface area contributed by atoms with Crippen molar-refractivity contribution >= 4 is 27.1 Å². The molecule has 3 rings (SSSR count). The van der Waals surface area contributed by atoms with Crippen molar-refractivity contribution < 1.29 is 13.2 Å². The van der Waals surface area contributed by atoms with Crippen LogP contribution in [0.15, 0.2) is 42.6 Å². The third-order valence-electron chi connectivity index (χ3n) is 4.58. The number of nitrogens with zero attached hydrogens (tertiary/aromatic N) is 2. The van der Waals surface area contributed by atoms with Crippen molar-refractivity contribution in [1.29, 1.82) is 0 Å². The van der Waals surface area contributed by atoms with Crippen LogP contribution >= 0.6 is 0 Å². The van der Waals surface area contributed by atoms with Crippen molar-refractivity contribution in [3.63, 3.8) is 0 Å². The maximum absolute atomic E-state index is 12.4. The fourth-order valence-corrected chi connectivity index (χ4v) is 5.01. The number of sulfone groups is 1. The number of aryl methyl sites for hydroxylation is 1. The van der Waals surface area contributed by atoms with Crippen molar-refractivity contribution in [3.05, 3.63) is 53.9 Å². The fourth-order valence-electron chi connectivity index (χ4n) is 3.28. The molecule has 0 aliphatic carbocycles. The summed E-state index contributed by atoms with van der Waals surface area (Å²) in [5.74, 6) is 0.142. The summed E-state index contributed by atoms with van der Waals surface area (Å²) in [5, 5.41) is 2.83. The summed E-state index contributed by atoms with van der Waals surface area (Å²) in [5.41, 5.74) is 2.95. The molecule has 1 aromatic heterocycles. The molecule has 1 aromatic carbocycles. The number of aromatic nitrogens is 1. The zero-order chi connectivity index (χ0) is 18.7. The van der Waals surface area contributed by atoms with E-state index in [1.54, 1.807) is 12.3 Å². The number of benzene rings is 1. The topological polar surface area (TPSA) is 79.4 Å². The molecule has 1 amide bonds. The summed E-state index contributed by atoms with van der Waals surface area (Å²) in [6.07, 6.45) is 2.27. The predicted molar refractivity (Wildman–Crippen MR) is 103 cm³/mol. The number of anilines is 2. The van der Waals surface area contributed by atoms with Crippen LogP contribution in [0.25, 0.3) is 0 Å². The minimum Gasteiger partial charge on any atom is -0.367 e. The lowest BCUT2D eigenvalue weighted by Crippen LogP contribution is -2.36. The van der Waals surface area contributed by atoms with E-state index in [9.17, 15) is 13.2 Å². The molecule has 7 heteroatoms. The van der Waals surface area contributed by atoms with Crippen molar-refractivity contribution in [2.24, 2.45) is 0 Å². The Morgan fingerprint density at radius 3 is 2.69 bits per heavy atom. The van der Waals surface area contributed by atoms with E-state index in [1.807, 2.05) is 49.1 Å². The van der Waals surface area contributed by atoms with Crippen molar-refractivity contribution in [3.8, 4) is 0 Å². The normalized spacial score (nSPS) is 18.5. The lowest BCUT2D eigenvalue weighted by atomic mass is 10.2. The summed E-state index contributed by atoms with van der Waals surface area (Å²) in [7, 11) is -2.94. The van der Waals surface area contributed by atoms with Gasteiger partial charge in [0.15, 0.2) is 9.84 Å². The quantitative estimate of drug-likeness (QED) is 0.872. The summed E-state index contributed by atoms with van der Waals surface area (Å²) in [6, 6.07) is 11.0. The number of carbonyl (C=O) groups is 1. The van der Waals surface area contributed by atoms with Crippen LogP contribution < -0.4 is 10.2 Å². The highest BCUT2D eigenvalue weighted by atomic mass is 32.2. The lowest BCUT2D eigenvalue weighted by molar-refractivity contribution is 0.102. The molecule has 2 aromatic rings. The van der Waals surface area contributed by atoms with E-state index in [1.165, 1.54) is 0 Å². The van der Waals surface area contributed by atoms with E-state index in [4.69, 9.17) is 0 Å². The first-order valence-corrected chi connectivity index (χ1v) is 10.5. The van der Waals surface area contributed by atoms with Gasteiger partial charge in [0.2, 0.25) is 0 Å². The molecule has 0 spiro atoms. The van der Waals surface area contributed by atoms with Gasteiger partial charge < -0.3 is 10.2 Å². The highest BCUT2D eigenvalue weighted by Crippen LogP contribution is 2.24. The number of rotatable bonds is 5. The van der Waals surface area contributed by atoms with E-state index >= 15 is 0 Å². The molecule has 2 heterocycles. The van der Waals surface area contributed by atoms with Crippen LogP contribution in [-0.4, -0.2) is 43.4 Å². The van der Waals surface area contributed by atoms with Gasteiger partial charge in [-0.15, -0.1) is 0 Å². The number of hydrogen-bond donors (Lipinski definition) is 1. The maximum atomic E-state index is 12.4. The van der Waals surface area contributed by atoms with E-state index in [0.717, 1.165) is 16.9 Å². The van der Waals surface area contributed by atoms with Gasteiger partial charge in [-0.1, -0.05) is 12.1 Å². The second-order valence-electron chi connectivity index (χ2n) is 6.57. The number of hydrogen-bond acceptors (Lipinski definition) is 5. The first-order chi connectivity index (χ1) is 12.4. The van der Waals surface area contributed by atoms with Crippen LogP contribution in [0, 0.1) is 6.92 Å². The minimum absolute atomic E-state index is 0.0289. The Hall–Kier alpha value is -2.41. The SMILES string of the molecule is CCN(c1ccc(C(=O)Nc2cccc(C)c2)nc1)C1CCS(=O)(=O)C1. The number of amides is 1. The number of carbonyl (C=O) groups excluding carboxylic acids is 1. The molecular weight excluding hydrogens is 350 g/mol. The second kappa shape index (κ2) is 7.45. The molecule has 1 fully saturated rings. The van der Waals surface area contributed by atoms with Gasteiger partial charge in [0.05, 0.1) is 23.4 Å². The first kappa shape index (κ1) is 18.4. The van der Waals surface area contributed by atoms with Crippen LogP contribution in [0.2, 0.25) is 0 Å². The van der Waals surface area contributed by atoms with Crippen molar-refractivity contribution in [2.75, 3.05) is 28.3 Å². The van der Waals surface area contributed by atoms with Gasteiger partial charge in [0.25, 0.3) is 5.91 Å². The van der Waals surface area contributed by atoms with E-state index in [-0.39, 0.29) is 23.5 Å². The van der Waals surface area contributed by atoms with Gasteiger partial charge in [-0.2, -0.15) is 0 Å². The number of pyridine rings is 1. The lowest BCUT2D eigenvalue weighted by Gasteiger charge is -2.28. The smallest absolute Gasteiger partial charge is 0.274 e. The summed E-state index contributed by atoms with van der Waals surface area (Å²) < 4.78 is 23.5. The standard InChI is InChI=1S/C19H23N3O3S/c1-3-22(17-9-10-26(24,25)13-17)16-7-8-18(20-12-16)19(23)21-15-6-4-5-14(2)11-15/h4-8,11-12,17H,3,9-10,13H2,1-2H3,(H,21,23). The zero-order valence-electron chi connectivity index (χ0n) is 15.0. The monoisotopic (exact) mass is 373 g/mol. The van der Waals surface area contributed by atoms with Crippen LogP contribution in [0.3, 0.4) is 0 Å². The van der Waals surface area contributed by atoms with Crippen LogP contribution in [0.1, 0.15) is 29.4 Å². The Morgan fingerprint density at radius 2 is 2.12 bits per heavy atom. The van der Waals surface area contributed by atoms with Gasteiger partial charge in [0.1, 0.15) is 5.69 Å². The maximum Gasteiger partial charge on any atom is 0.274 e. The largest absolute Gasteiger partial charge is 0.367 e. The molecule has 138 valence electrons. The van der Waals surface area contributed by atoms with Crippen LogP contribution in [0.4, 0.5) is 11.4 Å². The van der Waals surface area contributed by atoms with Gasteiger partial charge >= 0.3 is 0 Å². The van der Waals surface area contributed by atoms with E-state index in [2.05, 4.69) is 10.3 Å². The summed E-state index contributed by atoms with van der Waals surface area (Å²) in [6.45, 7) is 4.64. The Labute approximate surface area is 154 Å². The van der Waals surface area contributed by atoms with Gasteiger partial charge in [0, 0.05) is 18.3 Å². The van der Waals surface area contributed by atoms with Crippen molar-refractivity contribution in [1.82, 2.24) is 4.98 Å². The average Bonchev–Trinajstić information content (AvgIpc) is 2.96. The molecule has 26 heavy (non-hydrogen) atoms. The fraction of sp³-hybridized carbons (Fsp3) is 0.368. The van der Waals surface area contributed by atoms with Crippen molar-refractivity contribution in [2.45, 2.75) is 26.3 Å². The molecule has 0 bridgehead atoms. The zero-order valence-corrected chi connectivity index (χ0v) is 15.8. The van der Waals surface area contributed by atoms with Gasteiger partial charge in [-0.3, -0.25) is 4.79 Å². The van der Waals surface area contributed by atoms with Crippen LogP contribution in [-0.2, 0) is 9.84 Å². The molecule has 1 unspecified atom stereocenters. The summed E-state index contributed by atoms with van der Waals surface area (Å²) in [4.78, 5) is 18.7. The van der Waals surface area contributed by atoms with E-state index in [0.29, 0.717) is 18.7 Å². The molecule has 1 aliphatic heterocycles. The molecule has 1 atom stereocenters. The highest BCUT2D eigenvalue weighted by Gasteiger charge is 2.32. The van der Waals surface area contributed by atoms with E-state index < -0.39 is 9.84 Å². The molecule has 0 saturated carbocycles. The predicted octanol–water partition coefficient (Wildman–Crippen LogP) is 2.66. The average molecular weight is 373 g/mol. The Bertz CT molecular complexity index is 895. The Morgan fingerprint density at radius 1 is 1.31 bits per heavy atom. The Balaban J connectivity index is 1.72. The highest BCUT2D eigenvalue weighted by molar-refractivity contribution is 7.91. The third kappa shape index (κ3) is 4.22. The number of nitrogens with one attached hydrogen (secondary N) is 1. The molecule has 0 radical (unpaired) electrons. The van der Waals surface area contributed by atoms with Crippen LogP contribution in [0.5, 0.6) is 0 Å². The molecule has 1 N–H and O–H groups in total. The van der Waals surface area contributed by atoms with Gasteiger partial charge in [-0.05, 0) is 50.1 Å². The molecule has 6 nitrogen and oxygen atoms in total. The second-order valence-corrected chi connectivity index (χ2v) is 8.80. The Kier molecular flexibility index (Phi) is 5.27. The molecule has 1 saturated heterocycles. The summed E-state index contributed by atoms with van der Waals surface area (Å²) >= 11 is 0. The third-order valence-corrected chi connectivity index (χ3v) is 6.33. The molecular formula is C19H23N3O3S. The minimum atomic E-state index is -2.94. The molecule has 1 aliphatic rings. The van der Waals surface area contributed by atoms with Gasteiger partial charge in [-0.25, -0.2) is 13.4 Å². The first-order valence-electron chi connectivity index (χ1n) is 8.69.